The molecule has 0 atom stereocenters. The molecule has 0 bridgehead atoms. The van der Waals surface area contributed by atoms with E-state index in [0.717, 1.165) is 10.8 Å². The molecule has 4 aromatic rings. The van der Waals surface area contributed by atoms with Gasteiger partial charge in [-0.3, -0.25) is 0 Å². The lowest BCUT2D eigenvalue weighted by atomic mass is 10.1. The Labute approximate surface area is 172 Å². The van der Waals surface area contributed by atoms with E-state index >= 15 is 0 Å². The number of fused-ring (bicyclic) bond motifs is 1. The highest BCUT2D eigenvalue weighted by Gasteiger charge is 2.24. The molecule has 0 spiro atoms. The summed E-state index contributed by atoms with van der Waals surface area (Å²) in [5.41, 5.74) is 6.03. The Balaban J connectivity index is 1.66. The zero-order valence-corrected chi connectivity index (χ0v) is 16.7. The second kappa shape index (κ2) is 7.53. The molecular formula is C21H17N3O5S. The number of para-hydroxylation sites is 1. The Morgan fingerprint density at radius 3 is 2.43 bits per heavy atom. The maximum Gasteiger partial charge on any atom is 0.348 e. The van der Waals surface area contributed by atoms with Gasteiger partial charge in [-0.2, -0.15) is 8.42 Å². The van der Waals surface area contributed by atoms with Crippen LogP contribution in [0.2, 0.25) is 0 Å². The first-order valence-corrected chi connectivity index (χ1v) is 10.3. The van der Waals surface area contributed by atoms with Crippen LogP contribution in [0.1, 0.15) is 10.4 Å². The minimum Gasteiger partial charge on any atom is -0.496 e. The summed E-state index contributed by atoms with van der Waals surface area (Å²) in [6.45, 7) is 0. The lowest BCUT2D eigenvalue weighted by molar-refractivity contribution is 0.0723. The highest BCUT2D eigenvalue weighted by atomic mass is 32.2. The number of nitrogens with two attached hydrogens (primary N) is 1. The van der Waals surface area contributed by atoms with Crippen molar-refractivity contribution in [3.05, 3.63) is 78.4 Å². The maximum atomic E-state index is 13.0. The van der Waals surface area contributed by atoms with Crippen LogP contribution in [0.15, 0.2) is 77.7 Å². The number of nitrogen functional groups attached to an aromatic ring is 1. The van der Waals surface area contributed by atoms with E-state index in [1.807, 2.05) is 18.2 Å². The molecule has 0 amide bonds. The summed E-state index contributed by atoms with van der Waals surface area (Å²) in [5, 5.41) is 5.53. The molecule has 0 fully saturated rings. The molecule has 152 valence electrons. The number of esters is 1. The molecule has 4 rings (SSSR count). The van der Waals surface area contributed by atoms with Gasteiger partial charge >= 0.3 is 5.97 Å². The summed E-state index contributed by atoms with van der Waals surface area (Å²) < 4.78 is 37.0. The molecule has 0 unspecified atom stereocenters. The van der Waals surface area contributed by atoms with E-state index in [4.69, 9.17) is 15.2 Å². The first-order valence-electron chi connectivity index (χ1n) is 8.85. The summed E-state index contributed by atoms with van der Waals surface area (Å²) in [6, 6.07) is 19.7. The molecule has 30 heavy (non-hydrogen) atoms. The predicted molar refractivity (Wildman–Crippen MR) is 111 cm³/mol. The Bertz CT molecular complexity index is 1360. The Morgan fingerprint density at radius 2 is 1.67 bits per heavy atom. The molecule has 0 aliphatic rings. The van der Waals surface area contributed by atoms with Gasteiger partial charge in [-0.1, -0.05) is 42.5 Å². The lowest BCUT2D eigenvalue weighted by Gasteiger charge is -2.08. The number of nitrogens with zero attached hydrogens (tertiary/aromatic N) is 2. The molecule has 1 heterocycles. The van der Waals surface area contributed by atoms with Crippen LogP contribution in [0, 0.1) is 0 Å². The fourth-order valence-electron chi connectivity index (χ4n) is 2.99. The topological polar surface area (TPSA) is 114 Å². The number of benzene rings is 3. The Kier molecular flexibility index (Phi) is 4.88. The van der Waals surface area contributed by atoms with Crippen LogP contribution in [-0.4, -0.2) is 30.7 Å². The number of rotatable bonds is 5. The highest BCUT2D eigenvalue weighted by molar-refractivity contribution is 7.90. The number of carbonyl (C=O) groups is 1. The third kappa shape index (κ3) is 3.46. The summed E-state index contributed by atoms with van der Waals surface area (Å²) in [6.07, 6.45) is 0. The number of methoxy groups -OCH3 is 1. The maximum absolute atomic E-state index is 13.0. The third-order valence-electron chi connectivity index (χ3n) is 4.45. The quantitative estimate of drug-likeness (QED) is 0.491. The van der Waals surface area contributed by atoms with Gasteiger partial charge in [0.2, 0.25) is 5.88 Å². The standard InChI is InChI=1S/C21H17N3O5S/c1-28-18-9-5-4-8-17(18)21(25)29-20-13-19(22)24(23-20)30(26,27)16-11-10-14-6-2-3-7-15(14)12-16/h2-13H,22H2,1H3. The molecule has 0 saturated heterocycles. The van der Waals surface area contributed by atoms with E-state index < -0.39 is 16.0 Å². The molecule has 0 aliphatic carbocycles. The number of ether oxygens (including phenoxy) is 2. The minimum atomic E-state index is -4.09. The molecule has 2 N–H and O–H groups in total. The molecule has 3 aromatic carbocycles. The van der Waals surface area contributed by atoms with Crippen molar-refractivity contribution >= 4 is 32.6 Å². The van der Waals surface area contributed by atoms with E-state index in [1.165, 1.54) is 31.4 Å². The zero-order valence-electron chi connectivity index (χ0n) is 15.8. The van der Waals surface area contributed by atoms with Crippen LogP contribution in [0.25, 0.3) is 10.8 Å². The van der Waals surface area contributed by atoms with Gasteiger partial charge in [-0.05, 0) is 35.0 Å². The Hall–Kier alpha value is -3.85. The smallest absolute Gasteiger partial charge is 0.348 e. The zero-order chi connectivity index (χ0) is 21.3. The van der Waals surface area contributed by atoms with Gasteiger partial charge < -0.3 is 15.2 Å². The average molecular weight is 423 g/mol. The number of anilines is 1. The van der Waals surface area contributed by atoms with E-state index in [-0.39, 0.29) is 22.2 Å². The normalized spacial score (nSPS) is 11.4. The molecule has 1 aromatic heterocycles. The summed E-state index contributed by atoms with van der Waals surface area (Å²) >= 11 is 0. The van der Waals surface area contributed by atoms with E-state index in [1.54, 1.807) is 30.3 Å². The van der Waals surface area contributed by atoms with Crippen LogP contribution in [0.5, 0.6) is 11.6 Å². The van der Waals surface area contributed by atoms with Gasteiger partial charge in [0, 0.05) is 6.07 Å². The van der Waals surface area contributed by atoms with Crippen molar-refractivity contribution < 1.29 is 22.7 Å². The van der Waals surface area contributed by atoms with Crippen LogP contribution in [-0.2, 0) is 10.0 Å². The van der Waals surface area contributed by atoms with Crippen molar-refractivity contribution in [2.45, 2.75) is 4.90 Å². The third-order valence-corrected chi connectivity index (χ3v) is 6.05. The van der Waals surface area contributed by atoms with Gasteiger partial charge in [0.1, 0.15) is 17.1 Å². The van der Waals surface area contributed by atoms with Crippen LogP contribution in [0.3, 0.4) is 0 Å². The number of hydrogen-bond donors (Lipinski definition) is 1. The van der Waals surface area contributed by atoms with Gasteiger partial charge in [0.15, 0.2) is 0 Å². The highest BCUT2D eigenvalue weighted by Crippen LogP contribution is 2.25. The molecule has 0 saturated carbocycles. The van der Waals surface area contributed by atoms with Crippen molar-refractivity contribution in [1.29, 1.82) is 0 Å². The fraction of sp³-hybridized carbons (Fsp3) is 0.0476. The first-order chi connectivity index (χ1) is 14.4. The molecular weight excluding hydrogens is 406 g/mol. The fourth-order valence-corrected chi connectivity index (χ4v) is 4.22. The van der Waals surface area contributed by atoms with Crippen molar-refractivity contribution in [1.82, 2.24) is 9.19 Å². The Morgan fingerprint density at radius 1 is 0.967 bits per heavy atom. The van der Waals surface area contributed by atoms with Crippen LogP contribution < -0.4 is 15.2 Å². The number of carbonyl (C=O) groups excluding carboxylic acids is 1. The van der Waals surface area contributed by atoms with Crippen molar-refractivity contribution in [2.24, 2.45) is 0 Å². The first kappa shape index (κ1) is 19.5. The van der Waals surface area contributed by atoms with Gasteiger partial charge in [-0.25, -0.2) is 4.79 Å². The molecule has 8 nitrogen and oxygen atoms in total. The predicted octanol–water partition coefficient (Wildman–Crippen LogP) is 3.08. The second-order valence-corrected chi connectivity index (χ2v) is 8.12. The van der Waals surface area contributed by atoms with E-state index in [9.17, 15) is 13.2 Å². The van der Waals surface area contributed by atoms with Crippen molar-refractivity contribution in [3.8, 4) is 11.6 Å². The number of aromatic nitrogens is 2. The molecule has 0 aliphatic heterocycles. The largest absolute Gasteiger partial charge is 0.496 e. The average Bonchev–Trinajstić information content (AvgIpc) is 3.14. The summed E-state index contributed by atoms with van der Waals surface area (Å²) in [7, 11) is -2.66. The monoisotopic (exact) mass is 423 g/mol. The summed E-state index contributed by atoms with van der Waals surface area (Å²) in [5.74, 6) is -0.863. The van der Waals surface area contributed by atoms with Gasteiger partial charge in [0.25, 0.3) is 10.0 Å². The van der Waals surface area contributed by atoms with E-state index in [0.29, 0.717) is 9.84 Å². The van der Waals surface area contributed by atoms with Crippen LogP contribution in [0.4, 0.5) is 5.82 Å². The SMILES string of the molecule is COc1ccccc1C(=O)Oc1cc(N)n(S(=O)(=O)c2ccc3ccccc3c2)n1. The van der Waals surface area contributed by atoms with E-state index in [2.05, 4.69) is 5.10 Å². The minimum absolute atomic E-state index is 0.0126. The van der Waals surface area contributed by atoms with Crippen LogP contribution >= 0.6 is 0 Å². The molecule has 0 radical (unpaired) electrons. The second-order valence-electron chi connectivity index (χ2n) is 6.35. The molecule has 9 heteroatoms. The number of hydrogen-bond acceptors (Lipinski definition) is 7. The lowest BCUT2D eigenvalue weighted by Crippen LogP contribution is -2.17. The summed E-state index contributed by atoms with van der Waals surface area (Å²) in [4.78, 5) is 12.5. The van der Waals surface area contributed by atoms with Crippen molar-refractivity contribution in [3.63, 3.8) is 0 Å². The van der Waals surface area contributed by atoms with Gasteiger partial charge in [-0.15, -0.1) is 9.19 Å². The van der Waals surface area contributed by atoms with Crippen molar-refractivity contribution in [2.75, 3.05) is 12.8 Å². The van der Waals surface area contributed by atoms with Gasteiger partial charge in [0.05, 0.1) is 12.0 Å².